The van der Waals surface area contributed by atoms with Crippen LogP contribution in [0.15, 0.2) is 25.8 Å². The minimum absolute atomic E-state index is 0.0906. The highest BCUT2D eigenvalue weighted by molar-refractivity contribution is 5.94. The predicted octanol–water partition coefficient (Wildman–Crippen LogP) is 1.26. The summed E-state index contributed by atoms with van der Waals surface area (Å²) in [5.41, 5.74) is 0.838. The van der Waals surface area contributed by atoms with Crippen molar-refractivity contribution in [1.82, 2.24) is 25.8 Å². The van der Waals surface area contributed by atoms with Crippen LogP contribution in [0.5, 0.6) is 0 Å². The average molecular weight is 289 g/mol. The summed E-state index contributed by atoms with van der Waals surface area (Å²) in [6.07, 6.45) is 1.35. The molecule has 0 aliphatic carbocycles. The molecule has 3 aromatic rings. The fraction of sp³-hybridized carbons (Fsp3) is 0.250. The number of carbonyl (C=O) groups excluding carboxylic acids is 1. The summed E-state index contributed by atoms with van der Waals surface area (Å²) in [5.74, 6) is 1.32. The zero-order valence-electron chi connectivity index (χ0n) is 11.3. The standard InChI is InChI=1S/C12H11N5O4/c1-6-3-9(16-19-6)11-15-10(21-17-11)5-13-12(18)8-4-14-20-7(8)2/h3-4H,5H2,1-2H3,(H,13,18). The van der Waals surface area contributed by atoms with Crippen molar-refractivity contribution in [1.29, 1.82) is 0 Å². The Hall–Kier alpha value is -2.97. The molecule has 0 atom stereocenters. The highest BCUT2D eigenvalue weighted by atomic mass is 16.5. The molecule has 0 unspecified atom stereocenters. The van der Waals surface area contributed by atoms with Crippen LogP contribution < -0.4 is 5.32 Å². The molecule has 0 fully saturated rings. The SMILES string of the molecule is Cc1cc(-c2noc(CNC(=O)c3cnoc3C)n2)no1. The molecule has 0 saturated carbocycles. The van der Waals surface area contributed by atoms with Crippen LogP contribution in [-0.2, 0) is 6.54 Å². The Labute approximate surface area is 118 Å². The lowest BCUT2D eigenvalue weighted by Gasteiger charge is -1.98. The Balaban J connectivity index is 1.65. The van der Waals surface area contributed by atoms with Crippen molar-refractivity contribution < 1.29 is 18.4 Å². The van der Waals surface area contributed by atoms with E-state index in [0.29, 0.717) is 28.6 Å². The molecule has 0 aliphatic heterocycles. The number of rotatable bonds is 4. The first-order valence-corrected chi connectivity index (χ1v) is 6.09. The smallest absolute Gasteiger partial charge is 0.256 e. The maximum absolute atomic E-state index is 11.9. The molecule has 0 aromatic carbocycles. The first-order chi connectivity index (χ1) is 10.1. The lowest BCUT2D eigenvalue weighted by molar-refractivity contribution is 0.0944. The van der Waals surface area contributed by atoms with Gasteiger partial charge in [-0.2, -0.15) is 4.98 Å². The van der Waals surface area contributed by atoms with Gasteiger partial charge in [-0.25, -0.2) is 0 Å². The van der Waals surface area contributed by atoms with E-state index in [9.17, 15) is 4.79 Å². The summed E-state index contributed by atoms with van der Waals surface area (Å²) in [5, 5.41) is 13.7. The molecule has 3 heterocycles. The lowest BCUT2D eigenvalue weighted by atomic mass is 10.2. The van der Waals surface area contributed by atoms with Crippen LogP contribution in [0, 0.1) is 13.8 Å². The van der Waals surface area contributed by atoms with Crippen molar-refractivity contribution in [2.45, 2.75) is 20.4 Å². The van der Waals surface area contributed by atoms with Crippen LogP contribution in [0.2, 0.25) is 0 Å². The Kier molecular flexibility index (Phi) is 3.22. The Morgan fingerprint density at radius 2 is 2.10 bits per heavy atom. The van der Waals surface area contributed by atoms with Crippen molar-refractivity contribution in [3.63, 3.8) is 0 Å². The van der Waals surface area contributed by atoms with E-state index in [2.05, 4.69) is 25.8 Å². The Morgan fingerprint density at radius 3 is 2.76 bits per heavy atom. The molecule has 108 valence electrons. The summed E-state index contributed by atoms with van der Waals surface area (Å²) in [6, 6.07) is 1.69. The number of nitrogens with one attached hydrogen (secondary N) is 1. The number of amides is 1. The Bertz CT molecular complexity index is 772. The van der Waals surface area contributed by atoms with Gasteiger partial charge in [-0.3, -0.25) is 4.79 Å². The molecule has 0 saturated heterocycles. The van der Waals surface area contributed by atoms with Gasteiger partial charge in [0, 0.05) is 6.07 Å². The zero-order valence-corrected chi connectivity index (χ0v) is 11.3. The van der Waals surface area contributed by atoms with Crippen LogP contribution in [0.1, 0.15) is 27.8 Å². The zero-order chi connectivity index (χ0) is 14.8. The van der Waals surface area contributed by atoms with Gasteiger partial charge in [0.25, 0.3) is 5.91 Å². The third-order valence-corrected chi connectivity index (χ3v) is 2.72. The van der Waals surface area contributed by atoms with E-state index in [1.54, 1.807) is 19.9 Å². The van der Waals surface area contributed by atoms with E-state index in [4.69, 9.17) is 13.6 Å². The Morgan fingerprint density at radius 1 is 1.24 bits per heavy atom. The van der Waals surface area contributed by atoms with Crippen molar-refractivity contribution in [3.8, 4) is 11.5 Å². The topological polar surface area (TPSA) is 120 Å². The first kappa shape index (κ1) is 13.0. The molecule has 1 amide bonds. The van der Waals surface area contributed by atoms with E-state index in [1.807, 2.05) is 0 Å². The number of aryl methyl sites for hydroxylation is 2. The van der Waals surface area contributed by atoms with Gasteiger partial charge in [0.05, 0.1) is 12.7 Å². The quantitative estimate of drug-likeness (QED) is 0.762. The van der Waals surface area contributed by atoms with Gasteiger partial charge in [-0.1, -0.05) is 15.5 Å². The van der Waals surface area contributed by atoms with Crippen LogP contribution in [-0.4, -0.2) is 26.4 Å². The van der Waals surface area contributed by atoms with Gasteiger partial charge >= 0.3 is 0 Å². The van der Waals surface area contributed by atoms with Gasteiger partial charge < -0.3 is 18.9 Å². The molecular formula is C12H11N5O4. The number of hydrogen-bond donors (Lipinski definition) is 1. The monoisotopic (exact) mass is 289 g/mol. The third-order valence-electron chi connectivity index (χ3n) is 2.72. The molecule has 0 radical (unpaired) electrons. The van der Waals surface area contributed by atoms with Crippen LogP contribution in [0.4, 0.5) is 0 Å². The van der Waals surface area contributed by atoms with Crippen molar-refractivity contribution >= 4 is 5.91 Å². The van der Waals surface area contributed by atoms with Crippen molar-refractivity contribution in [2.75, 3.05) is 0 Å². The maximum Gasteiger partial charge on any atom is 0.256 e. The summed E-state index contributed by atoms with van der Waals surface area (Å²) in [4.78, 5) is 16.0. The average Bonchev–Trinajstić information content (AvgIpc) is 3.16. The van der Waals surface area contributed by atoms with Crippen LogP contribution in [0.3, 0.4) is 0 Å². The summed E-state index contributed by atoms with van der Waals surface area (Å²) in [6.45, 7) is 3.51. The van der Waals surface area contributed by atoms with E-state index in [-0.39, 0.29) is 18.3 Å². The lowest BCUT2D eigenvalue weighted by Crippen LogP contribution is -2.23. The molecule has 21 heavy (non-hydrogen) atoms. The van der Waals surface area contributed by atoms with Gasteiger partial charge in [0.2, 0.25) is 11.7 Å². The molecule has 0 aliphatic rings. The van der Waals surface area contributed by atoms with Crippen molar-refractivity contribution in [2.24, 2.45) is 0 Å². The number of hydrogen-bond acceptors (Lipinski definition) is 8. The molecule has 1 N–H and O–H groups in total. The van der Waals surface area contributed by atoms with Gasteiger partial charge in [0.1, 0.15) is 17.1 Å². The largest absolute Gasteiger partial charge is 0.361 e. The van der Waals surface area contributed by atoms with E-state index >= 15 is 0 Å². The number of carbonyl (C=O) groups is 1. The second kappa shape index (κ2) is 5.19. The number of aromatic nitrogens is 4. The minimum atomic E-state index is -0.328. The number of nitrogens with zero attached hydrogens (tertiary/aromatic N) is 4. The first-order valence-electron chi connectivity index (χ1n) is 6.09. The maximum atomic E-state index is 11.9. The molecular weight excluding hydrogens is 278 g/mol. The highest BCUT2D eigenvalue weighted by Gasteiger charge is 2.15. The van der Waals surface area contributed by atoms with E-state index < -0.39 is 0 Å². The molecule has 9 heteroatoms. The van der Waals surface area contributed by atoms with Crippen molar-refractivity contribution in [3.05, 3.63) is 35.2 Å². The summed E-state index contributed by atoms with van der Waals surface area (Å²) in [7, 11) is 0. The van der Waals surface area contributed by atoms with E-state index in [0.717, 1.165) is 0 Å². The fourth-order valence-electron chi connectivity index (χ4n) is 1.67. The van der Waals surface area contributed by atoms with Gasteiger partial charge in [-0.15, -0.1) is 0 Å². The molecule has 0 spiro atoms. The molecule has 3 aromatic heterocycles. The molecule has 9 nitrogen and oxygen atoms in total. The van der Waals surface area contributed by atoms with Gasteiger partial charge in [-0.05, 0) is 13.8 Å². The molecule has 0 bridgehead atoms. The molecule has 3 rings (SSSR count). The van der Waals surface area contributed by atoms with E-state index in [1.165, 1.54) is 6.20 Å². The fourth-order valence-corrected chi connectivity index (χ4v) is 1.67. The normalized spacial score (nSPS) is 10.8. The van der Waals surface area contributed by atoms with Gasteiger partial charge in [0.15, 0.2) is 5.69 Å². The highest BCUT2D eigenvalue weighted by Crippen LogP contribution is 2.15. The summed E-state index contributed by atoms with van der Waals surface area (Å²) >= 11 is 0. The van der Waals surface area contributed by atoms with Crippen LogP contribution in [0.25, 0.3) is 11.5 Å². The minimum Gasteiger partial charge on any atom is -0.361 e. The predicted molar refractivity (Wildman–Crippen MR) is 66.9 cm³/mol. The third kappa shape index (κ3) is 2.66. The second-order valence-corrected chi connectivity index (χ2v) is 4.31. The summed E-state index contributed by atoms with van der Waals surface area (Å²) < 4.78 is 14.8. The van der Waals surface area contributed by atoms with Crippen LogP contribution >= 0.6 is 0 Å². The second-order valence-electron chi connectivity index (χ2n) is 4.31.